The molecule has 0 fully saturated rings. The zero-order valence-electron chi connectivity index (χ0n) is 5.30. The van der Waals surface area contributed by atoms with Gasteiger partial charge in [-0.15, -0.1) is 0 Å². The fraction of sp³-hybridized carbons (Fsp3) is 0. The molecular weight excluding hydrogens is 405 g/mol. The molecule has 3 N–H and O–H groups in total. The molecule has 0 aliphatic carbocycles. The van der Waals surface area contributed by atoms with Gasteiger partial charge in [-0.25, -0.2) is 14.4 Å². The summed E-state index contributed by atoms with van der Waals surface area (Å²) < 4.78 is 0. The molecule has 8 heteroatoms. The second kappa shape index (κ2) is 6.49. The quantitative estimate of drug-likeness (QED) is 0.453. The van der Waals surface area contributed by atoms with Crippen molar-refractivity contribution in [3.63, 3.8) is 0 Å². The van der Waals surface area contributed by atoms with Crippen molar-refractivity contribution >= 4 is 0 Å². The molecule has 0 unspecified atom stereocenters. The molecule has 0 bridgehead atoms. The Bertz CT molecular complexity index is 286. The Kier molecular flexibility index (Phi) is 8.56. The van der Waals surface area contributed by atoms with Gasteiger partial charge < -0.3 is 0 Å². The molecule has 0 saturated heterocycles. The van der Waals surface area contributed by atoms with Crippen LogP contribution in [-0.4, -0.2) is 15.0 Å². The molecule has 1 radical (unpaired) electrons. The molecule has 0 saturated carbocycles. The second-order valence-electron chi connectivity index (χ2n) is 1.36. The largest absolute Gasteiger partial charge is 0.330 e. The smallest absolute Gasteiger partial charge is 0.259 e. The summed E-state index contributed by atoms with van der Waals surface area (Å²) in [5.41, 5.74) is -2.41. The van der Waals surface area contributed by atoms with Crippen molar-refractivity contribution in [2.75, 3.05) is 0 Å². The van der Waals surface area contributed by atoms with Gasteiger partial charge in [0.2, 0.25) is 0 Å². The summed E-state index contributed by atoms with van der Waals surface area (Å²) in [5, 5.41) is 0. The molecule has 0 aliphatic heterocycles. The Balaban J connectivity index is 0. The van der Waals surface area contributed by atoms with Gasteiger partial charge >= 0.3 is 17.1 Å². The van der Waals surface area contributed by atoms with Crippen LogP contribution in [0.5, 0.6) is 0 Å². The Morgan fingerprint density at radius 3 is 1.09 bits per heavy atom. The van der Waals surface area contributed by atoms with Crippen LogP contribution in [0.1, 0.15) is 0 Å². The number of rotatable bonds is 0. The molecule has 1 aromatic rings. The third kappa shape index (κ3) is 5.26. The van der Waals surface area contributed by atoms with Crippen molar-refractivity contribution in [3.8, 4) is 0 Å². The van der Waals surface area contributed by atoms with Crippen molar-refractivity contribution in [2.24, 2.45) is 0 Å². The summed E-state index contributed by atoms with van der Waals surface area (Å²) in [6, 6.07) is 0. The standard InChI is InChI=1S/C3H3N3O3.Ce.La/c7-1-4-2(8)6-3(9)5-1;;/h(H3,4,5,6,7,8,9);;. The van der Waals surface area contributed by atoms with Gasteiger partial charge in [-0.3, -0.25) is 15.0 Å². The summed E-state index contributed by atoms with van der Waals surface area (Å²) in [5.74, 6) is 0. The molecule has 0 aromatic carbocycles. The summed E-state index contributed by atoms with van der Waals surface area (Å²) in [4.78, 5) is 35.9. The fourth-order valence-corrected chi connectivity index (χ4v) is 0.403. The van der Waals surface area contributed by atoms with Crippen molar-refractivity contribution < 1.29 is 77.3 Å². The van der Waals surface area contributed by atoms with Crippen molar-refractivity contribution in [3.05, 3.63) is 31.5 Å². The number of aromatic nitrogens is 3. The maximum atomic E-state index is 10.2. The molecular formula is C3H3CeLaN3O3. The molecule has 0 atom stereocenters. The Morgan fingerprint density at radius 2 is 0.909 bits per heavy atom. The minimum Gasteiger partial charge on any atom is -0.259 e. The molecule has 1 aromatic heterocycles. The number of hydrogen-bond donors (Lipinski definition) is 3. The van der Waals surface area contributed by atoms with E-state index in [1.807, 2.05) is 0 Å². The van der Waals surface area contributed by atoms with E-state index >= 15 is 0 Å². The third-order valence-corrected chi connectivity index (χ3v) is 0.681. The molecule has 0 spiro atoms. The van der Waals surface area contributed by atoms with Gasteiger partial charge in [-0.2, -0.15) is 0 Å². The average molecular weight is 408 g/mol. The maximum absolute atomic E-state index is 10.2. The van der Waals surface area contributed by atoms with Crippen molar-refractivity contribution in [1.29, 1.82) is 0 Å². The molecule has 11 heavy (non-hydrogen) atoms. The van der Waals surface area contributed by atoms with Gasteiger partial charge in [0, 0.05) is 77.3 Å². The van der Waals surface area contributed by atoms with Crippen LogP contribution in [0.4, 0.5) is 0 Å². The van der Waals surface area contributed by atoms with Crippen LogP contribution in [0.2, 0.25) is 0 Å². The molecule has 1 heterocycles. The van der Waals surface area contributed by atoms with E-state index in [9.17, 15) is 14.4 Å². The van der Waals surface area contributed by atoms with E-state index in [2.05, 4.69) is 0 Å². The first kappa shape index (κ1) is 14.5. The summed E-state index contributed by atoms with van der Waals surface area (Å²) in [7, 11) is 0. The first-order valence-electron chi connectivity index (χ1n) is 2.11. The normalized spacial score (nSPS) is 7.64. The Morgan fingerprint density at radius 1 is 0.727 bits per heavy atom. The average Bonchev–Trinajstić information content (AvgIpc) is 1.59. The van der Waals surface area contributed by atoms with E-state index in [1.54, 1.807) is 15.0 Å². The summed E-state index contributed by atoms with van der Waals surface area (Å²) in [6.07, 6.45) is 0. The molecule has 0 aliphatic rings. The van der Waals surface area contributed by atoms with Crippen LogP contribution >= 0.6 is 0 Å². The number of aromatic amines is 3. The van der Waals surface area contributed by atoms with Crippen LogP contribution < -0.4 is 17.1 Å². The van der Waals surface area contributed by atoms with Gasteiger partial charge in [0.05, 0.1) is 0 Å². The Hall–Kier alpha value is 0.981. The van der Waals surface area contributed by atoms with E-state index in [4.69, 9.17) is 0 Å². The van der Waals surface area contributed by atoms with Crippen molar-refractivity contribution in [1.82, 2.24) is 15.0 Å². The fourth-order valence-electron chi connectivity index (χ4n) is 0.403. The van der Waals surface area contributed by atoms with Crippen LogP contribution in [0.25, 0.3) is 0 Å². The number of hydrogen-bond acceptors (Lipinski definition) is 3. The zero-order valence-corrected chi connectivity index (χ0v) is 12.1. The van der Waals surface area contributed by atoms with Gasteiger partial charge in [0.15, 0.2) is 0 Å². The summed E-state index contributed by atoms with van der Waals surface area (Å²) in [6.45, 7) is 0. The zero-order chi connectivity index (χ0) is 6.85. The second-order valence-corrected chi connectivity index (χ2v) is 1.36. The molecule has 55 valence electrons. The molecule has 6 nitrogen and oxygen atoms in total. The SMILES string of the molecule is O=c1[nH]c(=O)[nH]c(=O)[nH]1.[Ce].[La]. The number of nitrogens with one attached hydrogen (secondary N) is 3. The van der Waals surface area contributed by atoms with Crippen LogP contribution in [0.15, 0.2) is 14.4 Å². The maximum Gasteiger partial charge on any atom is 0.330 e. The van der Waals surface area contributed by atoms with E-state index in [0.717, 1.165) is 0 Å². The third-order valence-electron chi connectivity index (χ3n) is 0.681. The van der Waals surface area contributed by atoms with Crippen LogP contribution in [-0.2, 0) is 0 Å². The number of H-pyrrole nitrogens is 3. The monoisotopic (exact) mass is 408 g/mol. The molecule has 0 amide bonds. The van der Waals surface area contributed by atoms with Gasteiger partial charge in [-0.1, -0.05) is 0 Å². The van der Waals surface area contributed by atoms with E-state index in [1.165, 1.54) is 0 Å². The minimum atomic E-state index is -0.802. The minimum absolute atomic E-state index is 0. The van der Waals surface area contributed by atoms with Gasteiger partial charge in [-0.05, 0) is 0 Å². The summed E-state index contributed by atoms with van der Waals surface area (Å²) >= 11 is 0. The van der Waals surface area contributed by atoms with E-state index in [0.29, 0.717) is 0 Å². The van der Waals surface area contributed by atoms with E-state index < -0.39 is 17.1 Å². The van der Waals surface area contributed by atoms with Gasteiger partial charge in [0.1, 0.15) is 0 Å². The first-order valence-corrected chi connectivity index (χ1v) is 2.11. The van der Waals surface area contributed by atoms with E-state index in [-0.39, 0.29) is 77.3 Å². The topological polar surface area (TPSA) is 98.6 Å². The van der Waals surface area contributed by atoms with Crippen molar-refractivity contribution in [2.45, 2.75) is 0 Å². The Labute approximate surface area is 122 Å². The first-order chi connectivity index (χ1) is 4.18. The van der Waals surface area contributed by atoms with Crippen LogP contribution in [0.3, 0.4) is 0 Å². The molecule has 1 rings (SSSR count). The van der Waals surface area contributed by atoms with Crippen LogP contribution in [0, 0.1) is 77.3 Å². The predicted octanol–water partition coefficient (Wildman–Crippen LogP) is -2.25. The van der Waals surface area contributed by atoms with Gasteiger partial charge in [0.25, 0.3) is 0 Å². The predicted molar refractivity (Wildman–Crippen MR) is 28.3 cm³/mol.